The zero-order chi connectivity index (χ0) is 8.48. The Balaban J connectivity index is 0. The summed E-state index contributed by atoms with van der Waals surface area (Å²) in [7, 11) is -4.02. The van der Waals surface area contributed by atoms with E-state index in [4.69, 9.17) is 4.55 Å². The van der Waals surface area contributed by atoms with Crippen molar-refractivity contribution in [3.63, 3.8) is 0 Å². The van der Waals surface area contributed by atoms with Crippen LogP contribution >= 0.6 is 0 Å². The van der Waals surface area contributed by atoms with Gasteiger partial charge in [-0.25, -0.2) is 0 Å². The summed E-state index contributed by atoms with van der Waals surface area (Å²) in [5.41, 5.74) is 0.956. The Kier molecular flexibility index (Phi) is 7.46. The van der Waals surface area contributed by atoms with Crippen LogP contribution in [0.1, 0.15) is 5.56 Å². The first kappa shape index (κ1) is 16.0. The van der Waals surface area contributed by atoms with Crippen molar-refractivity contribution in [3.05, 3.63) is 29.8 Å². The van der Waals surface area contributed by atoms with E-state index in [2.05, 4.69) is 0 Å². The Hall–Kier alpha value is 0.507. The molecule has 1 rings (SSSR count). The molecule has 1 aromatic carbocycles. The third-order valence-corrected chi connectivity index (χ3v) is 2.19. The molecule has 0 atom stereocenters. The molecular formula is C7H8AgO3OsS. The molecule has 0 aliphatic rings. The van der Waals surface area contributed by atoms with E-state index in [0.717, 1.165) is 5.56 Å². The van der Waals surface area contributed by atoms with Crippen LogP contribution in [0.3, 0.4) is 0 Å². The fourth-order valence-electron chi connectivity index (χ4n) is 0.710. The average Bonchev–Trinajstić information content (AvgIpc) is 1.86. The molecule has 0 aliphatic carbocycles. The molecular weight excluding hydrogens is 462 g/mol. The van der Waals surface area contributed by atoms with Gasteiger partial charge in [0.2, 0.25) is 0 Å². The van der Waals surface area contributed by atoms with E-state index < -0.39 is 10.1 Å². The molecule has 0 saturated heterocycles. The molecule has 0 unspecified atom stereocenters. The molecule has 0 heterocycles. The Morgan fingerprint density at radius 2 is 1.54 bits per heavy atom. The molecule has 0 fully saturated rings. The van der Waals surface area contributed by atoms with Gasteiger partial charge in [0.25, 0.3) is 10.1 Å². The molecule has 0 aromatic heterocycles. The van der Waals surface area contributed by atoms with Gasteiger partial charge in [0.05, 0.1) is 4.90 Å². The van der Waals surface area contributed by atoms with Crippen LogP contribution in [-0.2, 0) is 52.3 Å². The second-order valence-corrected chi connectivity index (χ2v) is 3.71. The summed E-state index contributed by atoms with van der Waals surface area (Å²) in [6.45, 7) is 1.84. The van der Waals surface area contributed by atoms with Gasteiger partial charge in [-0.2, -0.15) is 8.42 Å². The molecule has 1 N–H and O–H groups in total. The van der Waals surface area contributed by atoms with Crippen molar-refractivity contribution >= 4 is 10.1 Å². The summed E-state index contributed by atoms with van der Waals surface area (Å²) in [6, 6.07) is 5.99. The molecule has 6 heteroatoms. The third kappa shape index (κ3) is 5.07. The summed E-state index contributed by atoms with van der Waals surface area (Å²) in [5.74, 6) is 0. The molecule has 1 aromatic rings. The zero-order valence-corrected chi connectivity index (χ0v) is 11.5. The van der Waals surface area contributed by atoms with Gasteiger partial charge in [-0.1, -0.05) is 17.7 Å². The van der Waals surface area contributed by atoms with Crippen LogP contribution in [0.2, 0.25) is 0 Å². The predicted octanol–water partition coefficient (Wildman–Crippen LogP) is 1.24. The van der Waals surface area contributed by atoms with Gasteiger partial charge in [-0.3, -0.25) is 4.55 Å². The van der Waals surface area contributed by atoms with E-state index in [-0.39, 0.29) is 47.1 Å². The quantitative estimate of drug-likeness (QED) is 0.497. The Labute approximate surface area is 106 Å². The summed E-state index contributed by atoms with van der Waals surface area (Å²) in [4.78, 5) is -0.0666. The van der Waals surface area contributed by atoms with Crippen LogP contribution in [0, 0.1) is 6.92 Å². The maximum atomic E-state index is 10.5. The number of hydrogen-bond acceptors (Lipinski definition) is 2. The van der Waals surface area contributed by atoms with Gasteiger partial charge in [0.15, 0.2) is 0 Å². The van der Waals surface area contributed by atoms with E-state index in [1.54, 1.807) is 12.1 Å². The van der Waals surface area contributed by atoms with Crippen LogP contribution in [-0.4, -0.2) is 13.0 Å². The summed E-state index contributed by atoms with van der Waals surface area (Å²) in [5, 5.41) is 0. The first-order valence-electron chi connectivity index (χ1n) is 3.04. The van der Waals surface area contributed by atoms with Crippen molar-refractivity contribution in [3.8, 4) is 0 Å². The molecule has 0 spiro atoms. The van der Waals surface area contributed by atoms with Crippen LogP contribution in [0.15, 0.2) is 29.2 Å². The van der Waals surface area contributed by atoms with E-state index in [0.29, 0.717) is 0 Å². The van der Waals surface area contributed by atoms with Gasteiger partial charge in [-0.05, 0) is 19.1 Å². The maximum absolute atomic E-state index is 10.5. The molecule has 0 aliphatic heterocycles. The largest absolute Gasteiger partial charge is 0.294 e. The van der Waals surface area contributed by atoms with E-state index in [1.807, 2.05) is 6.92 Å². The summed E-state index contributed by atoms with van der Waals surface area (Å²) >= 11 is 0. The van der Waals surface area contributed by atoms with Crippen molar-refractivity contribution in [2.75, 3.05) is 0 Å². The van der Waals surface area contributed by atoms with E-state index in [1.165, 1.54) is 12.1 Å². The van der Waals surface area contributed by atoms with Crippen molar-refractivity contribution in [2.24, 2.45) is 0 Å². The molecule has 1 radical (unpaired) electrons. The monoisotopic (exact) mass is 471 g/mol. The van der Waals surface area contributed by atoms with Crippen LogP contribution in [0.25, 0.3) is 0 Å². The molecule has 0 amide bonds. The topological polar surface area (TPSA) is 54.4 Å². The van der Waals surface area contributed by atoms with Crippen LogP contribution in [0.4, 0.5) is 0 Å². The van der Waals surface area contributed by atoms with E-state index >= 15 is 0 Å². The average molecular weight is 470 g/mol. The minimum Gasteiger partial charge on any atom is -0.282 e. The third-order valence-electron chi connectivity index (χ3n) is 1.32. The minimum atomic E-state index is -4.02. The smallest absolute Gasteiger partial charge is 0.282 e. The minimum absolute atomic E-state index is 0. The van der Waals surface area contributed by atoms with E-state index in [9.17, 15) is 8.42 Å². The number of rotatable bonds is 1. The molecule has 13 heavy (non-hydrogen) atoms. The van der Waals surface area contributed by atoms with Crippen molar-refractivity contribution in [1.82, 2.24) is 0 Å². The number of benzene rings is 1. The van der Waals surface area contributed by atoms with Gasteiger partial charge >= 0.3 is 0 Å². The van der Waals surface area contributed by atoms with Gasteiger partial charge in [0, 0.05) is 42.2 Å². The SMILES string of the molecule is Cc1ccc(S(=O)(=O)O)cc1.[Ag].[Os]. The zero-order valence-electron chi connectivity index (χ0n) is 6.64. The van der Waals surface area contributed by atoms with Gasteiger partial charge in [0.1, 0.15) is 0 Å². The maximum Gasteiger partial charge on any atom is 0.294 e. The molecule has 79 valence electrons. The van der Waals surface area contributed by atoms with Crippen LogP contribution in [0.5, 0.6) is 0 Å². The first-order chi connectivity index (χ1) is 5.00. The first-order valence-corrected chi connectivity index (χ1v) is 4.48. The van der Waals surface area contributed by atoms with Crippen molar-refractivity contribution in [2.45, 2.75) is 11.8 Å². The molecule has 0 saturated carbocycles. The summed E-state index contributed by atoms with van der Waals surface area (Å²) < 4.78 is 29.6. The van der Waals surface area contributed by atoms with Gasteiger partial charge < -0.3 is 0 Å². The number of aryl methyl sites for hydroxylation is 1. The fourth-order valence-corrected chi connectivity index (χ4v) is 1.19. The van der Waals surface area contributed by atoms with Crippen LogP contribution < -0.4 is 0 Å². The summed E-state index contributed by atoms with van der Waals surface area (Å²) in [6.07, 6.45) is 0. The Bertz CT molecular complexity index is 347. The molecule has 3 nitrogen and oxygen atoms in total. The van der Waals surface area contributed by atoms with Crippen molar-refractivity contribution < 1.29 is 55.1 Å². The fraction of sp³-hybridized carbons (Fsp3) is 0.143. The van der Waals surface area contributed by atoms with Gasteiger partial charge in [-0.15, -0.1) is 0 Å². The Morgan fingerprint density at radius 1 is 1.15 bits per heavy atom. The molecule has 0 bridgehead atoms. The standard InChI is InChI=1S/C7H8O3S.Ag.Os/c1-6-2-4-7(5-3-6)11(8,9)10;;/h2-5H,1H3,(H,8,9,10);;. The second kappa shape index (κ2) is 6.08. The normalized spacial score (nSPS) is 9.69. The van der Waals surface area contributed by atoms with Crippen molar-refractivity contribution in [1.29, 1.82) is 0 Å². The second-order valence-electron chi connectivity index (χ2n) is 2.29. The Morgan fingerprint density at radius 3 is 1.85 bits per heavy atom. The number of hydrogen-bond donors (Lipinski definition) is 1. The predicted molar refractivity (Wildman–Crippen MR) is 41.0 cm³/mol.